The van der Waals surface area contributed by atoms with Crippen molar-refractivity contribution in [2.24, 2.45) is 0 Å². The number of pyridine rings is 1. The molecule has 3 aromatic rings. The Labute approximate surface area is 179 Å². The van der Waals surface area contributed by atoms with Crippen molar-refractivity contribution in [1.29, 1.82) is 0 Å². The van der Waals surface area contributed by atoms with Gasteiger partial charge in [0.1, 0.15) is 11.5 Å². The van der Waals surface area contributed by atoms with Gasteiger partial charge in [-0.2, -0.15) is 5.10 Å². The second-order valence-corrected chi connectivity index (χ2v) is 9.49. The number of sulfonamides is 1. The number of carbonyl (C=O) groups is 1. The van der Waals surface area contributed by atoms with Crippen LogP contribution in [0, 0.1) is 5.82 Å². The summed E-state index contributed by atoms with van der Waals surface area (Å²) in [5.41, 5.74) is 3.02. The molecule has 2 aromatic heterocycles. The van der Waals surface area contributed by atoms with Gasteiger partial charge in [0.15, 0.2) is 0 Å². The molecule has 0 radical (unpaired) electrons. The molecule has 2 heterocycles. The van der Waals surface area contributed by atoms with Gasteiger partial charge >= 0.3 is 0 Å². The lowest BCUT2D eigenvalue weighted by molar-refractivity contribution is 0.0965. The highest BCUT2D eigenvalue weighted by Gasteiger charge is 2.32. The molecule has 8 nitrogen and oxygen atoms in total. The van der Waals surface area contributed by atoms with Crippen molar-refractivity contribution in [3.63, 3.8) is 0 Å². The summed E-state index contributed by atoms with van der Waals surface area (Å²) in [5.74, 6) is -0.580. The van der Waals surface area contributed by atoms with E-state index in [0.29, 0.717) is 28.0 Å². The fourth-order valence-corrected chi connectivity index (χ4v) is 4.66. The molecule has 10 heteroatoms. The van der Waals surface area contributed by atoms with Crippen LogP contribution in [0.2, 0.25) is 0 Å². The molecule has 0 unspecified atom stereocenters. The minimum absolute atomic E-state index is 0.0849. The van der Waals surface area contributed by atoms with Gasteiger partial charge in [-0.3, -0.25) is 9.10 Å². The average Bonchev–Trinajstić information content (AvgIpc) is 3.51. The molecule has 1 saturated carbocycles. The normalized spacial score (nSPS) is 14.1. The number of fused-ring (bicyclic) bond motifs is 1. The van der Waals surface area contributed by atoms with E-state index in [-0.39, 0.29) is 25.0 Å². The number of anilines is 1. The molecule has 0 saturated heterocycles. The first kappa shape index (κ1) is 21.3. The van der Waals surface area contributed by atoms with Crippen LogP contribution in [0.1, 0.15) is 34.7 Å². The fraction of sp³-hybridized carbons (Fsp3) is 0.333. The van der Waals surface area contributed by atoms with Gasteiger partial charge in [-0.1, -0.05) is 0 Å². The third-order valence-electron chi connectivity index (χ3n) is 5.34. The zero-order valence-electron chi connectivity index (χ0n) is 17.2. The highest BCUT2D eigenvalue weighted by Crippen LogP contribution is 2.46. The Hall–Kier alpha value is -2.98. The van der Waals surface area contributed by atoms with E-state index in [1.165, 1.54) is 28.0 Å². The highest BCUT2D eigenvalue weighted by atomic mass is 32.2. The van der Waals surface area contributed by atoms with E-state index in [2.05, 4.69) is 10.4 Å². The summed E-state index contributed by atoms with van der Waals surface area (Å²) in [5, 5.41) is 16.6. The van der Waals surface area contributed by atoms with Gasteiger partial charge in [0.2, 0.25) is 10.0 Å². The van der Waals surface area contributed by atoms with Gasteiger partial charge in [-0.05, 0) is 54.7 Å². The number of amides is 1. The molecular weight excluding hydrogens is 423 g/mol. The van der Waals surface area contributed by atoms with Crippen LogP contribution in [0.5, 0.6) is 0 Å². The molecule has 1 aliphatic rings. The van der Waals surface area contributed by atoms with Gasteiger partial charge in [0.05, 0.1) is 42.4 Å². The van der Waals surface area contributed by atoms with Crippen molar-refractivity contribution >= 4 is 27.1 Å². The number of rotatable bonds is 7. The number of nitrogens with one attached hydrogen (secondary N) is 1. The summed E-state index contributed by atoms with van der Waals surface area (Å²) in [6.45, 7) is -0.420. The Bertz CT molecular complexity index is 1250. The van der Waals surface area contributed by atoms with Crippen molar-refractivity contribution in [2.45, 2.75) is 18.8 Å². The van der Waals surface area contributed by atoms with E-state index in [9.17, 15) is 22.7 Å². The first-order chi connectivity index (χ1) is 14.7. The maximum Gasteiger partial charge on any atom is 0.255 e. The maximum atomic E-state index is 13.4. The fourth-order valence-electron chi connectivity index (χ4n) is 3.74. The third-order valence-corrected chi connectivity index (χ3v) is 6.52. The molecule has 0 atom stereocenters. The third kappa shape index (κ3) is 4.00. The summed E-state index contributed by atoms with van der Waals surface area (Å²) in [7, 11) is -2.13. The van der Waals surface area contributed by atoms with Crippen LogP contribution in [0.15, 0.2) is 36.5 Å². The van der Waals surface area contributed by atoms with E-state index in [1.54, 1.807) is 24.4 Å². The van der Waals surface area contributed by atoms with Crippen LogP contribution in [0.25, 0.3) is 16.8 Å². The number of halogens is 1. The molecule has 1 aromatic carbocycles. The summed E-state index contributed by atoms with van der Waals surface area (Å²) in [6, 6.07) is 7.47. The molecule has 2 N–H and O–H groups in total. The van der Waals surface area contributed by atoms with Crippen molar-refractivity contribution in [1.82, 2.24) is 14.9 Å². The topological polar surface area (TPSA) is 104 Å². The number of nitrogens with zero attached hydrogens (tertiary/aromatic N) is 3. The molecule has 31 heavy (non-hydrogen) atoms. The average molecular weight is 447 g/mol. The zero-order valence-corrected chi connectivity index (χ0v) is 18.0. The van der Waals surface area contributed by atoms with E-state index in [4.69, 9.17) is 0 Å². The van der Waals surface area contributed by atoms with Crippen molar-refractivity contribution < 1.29 is 22.7 Å². The number of benzene rings is 1. The standard InChI is InChI=1S/C21H23FN4O4S/c1-23-21(28)19-17-11-16(13-3-4-13)18(26(9-10-27)31(2,29)30)12-25(17)24-20(19)14-5-7-15(22)8-6-14/h5-8,11-13,27H,3-4,9-10H2,1-2H3,(H,23,28). The molecule has 0 aliphatic heterocycles. The summed E-state index contributed by atoms with van der Waals surface area (Å²) in [6.07, 6.45) is 4.49. The highest BCUT2D eigenvalue weighted by molar-refractivity contribution is 7.92. The first-order valence-corrected chi connectivity index (χ1v) is 11.7. The quantitative estimate of drug-likeness (QED) is 0.579. The second-order valence-electron chi connectivity index (χ2n) is 7.59. The van der Waals surface area contributed by atoms with Crippen LogP contribution in [-0.2, 0) is 10.0 Å². The van der Waals surface area contributed by atoms with E-state index in [1.807, 2.05) is 0 Å². The minimum atomic E-state index is -3.65. The molecule has 0 bridgehead atoms. The first-order valence-electron chi connectivity index (χ1n) is 9.87. The number of aliphatic hydroxyl groups is 1. The Morgan fingerprint density at radius 1 is 1.32 bits per heavy atom. The van der Waals surface area contributed by atoms with Gasteiger partial charge in [0, 0.05) is 12.6 Å². The van der Waals surface area contributed by atoms with E-state index in [0.717, 1.165) is 24.7 Å². The number of carbonyl (C=O) groups excluding carboxylic acids is 1. The SMILES string of the molecule is CNC(=O)c1c(-c2ccc(F)cc2)nn2cc(N(CCO)S(C)(=O)=O)c(C3CC3)cc12. The molecule has 0 spiro atoms. The van der Waals surface area contributed by atoms with Crippen molar-refractivity contribution in [2.75, 3.05) is 30.8 Å². The smallest absolute Gasteiger partial charge is 0.255 e. The molecule has 164 valence electrons. The minimum Gasteiger partial charge on any atom is -0.394 e. The predicted molar refractivity (Wildman–Crippen MR) is 115 cm³/mol. The maximum absolute atomic E-state index is 13.4. The Kier molecular flexibility index (Phi) is 5.44. The Morgan fingerprint density at radius 3 is 2.55 bits per heavy atom. The number of hydrogen-bond acceptors (Lipinski definition) is 5. The summed E-state index contributed by atoms with van der Waals surface area (Å²) < 4.78 is 40.9. The Morgan fingerprint density at radius 2 is 2.00 bits per heavy atom. The molecule has 1 aliphatic carbocycles. The number of aliphatic hydroxyl groups excluding tert-OH is 1. The number of aromatic nitrogens is 2. The summed E-state index contributed by atoms with van der Waals surface area (Å²) >= 11 is 0. The lowest BCUT2D eigenvalue weighted by Crippen LogP contribution is -2.33. The van der Waals surface area contributed by atoms with Crippen molar-refractivity contribution in [3.8, 4) is 11.3 Å². The van der Waals surface area contributed by atoms with Gasteiger partial charge in [-0.25, -0.2) is 17.3 Å². The summed E-state index contributed by atoms with van der Waals surface area (Å²) in [4.78, 5) is 12.7. The van der Waals surface area contributed by atoms with Crippen LogP contribution in [-0.4, -0.2) is 55.5 Å². The van der Waals surface area contributed by atoms with Gasteiger partial charge < -0.3 is 10.4 Å². The van der Waals surface area contributed by atoms with Crippen LogP contribution < -0.4 is 9.62 Å². The molecule has 1 fully saturated rings. The predicted octanol–water partition coefficient (Wildman–Crippen LogP) is 2.14. The van der Waals surface area contributed by atoms with Crippen LogP contribution in [0.4, 0.5) is 10.1 Å². The lowest BCUT2D eigenvalue weighted by atomic mass is 10.0. The largest absolute Gasteiger partial charge is 0.394 e. The zero-order chi connectivity index (χ0) is 22.3. The van der Waals surface area contributed by atoms with E-state index < -0.39 is 15.8 Å². The molecule has 4 rings (SSSR count). The molecule has 1 amide bonds. The lowest BCUT2D eigenvalue weighted by Gasteiger charge is -2.24. The molecular formula is C21H23FN4O4S. The van der Waals surface area contributed by atoms with Crippen LogP contribution in [0.3, 0.4) is 0 Å². The number of hydrogen-bond donors (Lipinski definition) is 2. The monoisotopic (exact) mass is 446 g/mol. The van der Waals surface area contributed by atoms with Crippen LogP contribution >= 0.6 is 0 Å². The Balaban J connectivity index is 2.00. The van der Waals surface area contributed by atoms with Gasteiger partial charge in [0.25, 0.3) is 5.91 Å². The van der Waals surface area contributed by atoms with Crippen molar-refractivity contribution in [3.05, 3.63) is 53.5 Å². The second kappa shape index (κ2) is 7.93. The van der Waals surface area contributed by atoms with E-state index >= 15 is 0 Å². The van der Waals surface area contributed by atoms with Gasteiger partial charge in [-0.15, -0.1) is 0 Å².